The maximum atomic E-state index is 12.6. The number of aromatic nitrogens is 1. The molecule has 1 aromatic carbocycles. The lowest BCUT2D eigenvalue weighted by atomic mass is 10.1. The third-order valence-electron chi connectivity index (χ3n) is 3.03. The van der Waals surface area contributed by atoms with Crippen molar-refractivity contribution in [3.63, 3.8) is 0 Å². The molecule has 2 rings (SSSR count). The van der Waals surface area contributed by atoms with Crippen molar-refractivity contribution in [2.45, 2.75) is 18.7 Å². The van der Waals surface area contributed by atoms with E-state index >= 15 is 0 Å². The third-order valence-corrected chi connectivity index (χ3v) is 5.34. The number of rotatable bonds is 4. The van der Waals surface area contributed by atoms with Gasteiger partial charge in [-0.15, -0.1) is 0 Å². The smallest absolute Gasteiger partial charge is 0.262 e. The van der Waals surface area contributed by atoms with E-state index in [0.29, 0.717) is 26.2 Å². The number of hydrogen-bond donors (Lipinski definition) is 2. The predicted octanol–water partition coefficient (Wildman–Crippen LogP) is 3.30. The monoisotopic (exact) mass is 369 g/mol. The molecule has 7 heteroatoms. The lowest BCUT2D eigenvalue weighted by Crippen LogP contribution is -2.16. The number of hydrogen-bond acceptors (Lipinski definition) is 4. The first-order chi connectivity index (χ1) is 9.85. The van der Waals surface area contributed by atoms with E-state index < -0.39 is 10.0 Å². The molecule has 21 heavy (non-hydrogen) atoms. The fourth-order valence-corrected chi connectivity index (χ4v) is 4.19. The topological polar surface area (TPSA) is 71.1 Å². The molecule has 0 amide bonds. The summed E-state index contributed by atoms with van der Waals surface area (Å²) in [6.45, 7) is 3.56. The summed E-state index contributed by atoms with van der Waals surface area (Å²) < 4.78 is 28.4. The standard InChI is InChI=1S/C14H16BrN3O2S/c1-9-6-11(16-3)7-10(2)14(9)21(19,20)18-13-4-5-17-8-12(13)15/h4-8,16H,1-3H3,(H,17,18). The number of halogens is 1. The SMILES string of the molecule is CNc1cc(C)c(S(=O)(=O)Nc2ccncc2Br)c(C)c1. The van der Waals surface area contributed by atoms with Crippen LogP contribution < -0.4 is 10.0 Å². The molecule has 0 aliphatic rings. The molecule has 0 atom stereocenters. The van der Waals surface area contributed by atoms with E-state index in [1.807, 2.05) is 12.1 Å². The van der Waals surface area contributed by atoms with Crippen LogP contribution in [0.5, 0.6) is 0 Å². The molecular formula is C14H16BrN3O2S. The van der Waals surface area contributed by atoms with Crippen LogP contribution in [0.1, 0.15) is 11.1 Å². The summed E-state index contributed by atoms with van der Waals surface area (Å²) in [6.07, 6.45) is 3.08. The third kappa shape index (κ3) is 3.36. The molecule has 0 saturated carbocycles. The van der Waals surface area contributed by atoms with Gasteiger partial charge in [-0.2, -0.15) is 0 Å². The minimum Gasteiger partial charge on any atom is -0.388 e. The number of aryl methyl sites for hydroxylation is 2. The van der Waals surface area contributed by atoms with Gasteiger partial charge in [0.2, 0.25) is 0 Å². The maximum Gasteiger partial charge on any atom is 0.262 e. The van der Waals surface area contributed by atoms with Crippen molar-refractivity contribution in [2.24, 2.45) is 0 Å². The van der Waals surface area contributed by atoms with Crippen LogP contribution in [0.15, 0.2) is 40.0 Å². The van der Waals surface area contributed by atoms with E-state index in [9.17, 15) is 8.42 Å². The minimum atomic E-state index is -3.66. The van der Waals surface area contributed by atoms with Gasteiger partial charge < -0.3 is 5.32 Å². The number of sulfonamides is 1. The Morgan fingerprint density at radius 1 is 1.19 bits per heavy atom. The van der Waals surface area contributed by atoms with Gasteiger partial charge in [-0.1, -0.05) is 0 Å². The second-order valence-corrected chi connectivity index (χ2v) is 7.12. The average molecular weight is 370 g/mol. The molecule has 0 bridgehead atoms. The highest BCUT2D eigenvalue weighted by Gasteiger charge is 2.21. The van der Waals surface area contributed by atoms with Crippen LogP contribution in [0.3, 0.4) is 0 Å². The molecule has 0 aliphatic heterocycles. The molecule has 0 unspecified atom stereocenters. The molecule has 1 heterocycles. The van der Waals surface area contributed by atoms with Crippen molar-refractivity contribution in [2.75, 3.05) is 17.1 Å². The Bertz CT molecular complexity index is 753. The molecule has 5 nitrogen and oxygen atoms in total. The number of nitrogens with one attached hydrogen (secondary N) is 2. The molecular weight excluding hydrogens is 354 g/mol. The van der Waals surface area contributed by atoms with Crippen LogP contribution >= 0.6 is 15.9 Å². The summed E-state index contributed by atoms with van der Waals surface area (Å²) >= 11 is 3.28. The minimum absolute atomic E-state index is 0.296. The Hall–Kier alpha value is -1.60. The van der Waals surface area contributed by atoms with Gasteiger partial charge >= 0.3 is 0 Å². The van der Waals surface area contributed by atoms with Crippen molar-refractivity contribution < 1.29 is 8.42 Å². The van der Waals surface area contributed by atoms with Crippen LogP contribution in [-0.2, 0) is 10.0 Å². The lowest BCUT2D eigenvalue weighted by Gasteiger charge is -2.15. The molecule has 1 aromatic heterocycles. The van der Waals surface area contributed by atoms with Gasteiger partial charge in [-0.3, -0.25) is 9.71 Å². The van der Waals surface area contributed by atoms with Gasteiger partial charge in [0.1, 0.15) is 0 Å². The maximum absolute atomic E-state index is 12.6. The molecule has 112 valence electrons. The lowest BCUT2D eigenvalue weighted by molar-refractivity contribution is 0.600. The summed E-state index contributed by atoms with van der Waals surface area (Å²) in [5.41, 5.74) is 2.73. The molecule has 2 N–H and O–H groups in total. The number of anilines is 2. The van der Waals surface area contributed by atoms with Crippen molar-refractivity contribution >= 4 is 37.3 Å². The van der Waals surface area contributed by atoms with Crippen molar-refractivity contribution in [3.05, 3.63) is 46.2 Å². The first-order valence-corrected chi connectivity index (χ1v) is 8.54. The number of benzene rings is 1. The zero-order valence-electron chi connectivity index (χ0n) is 11.9. The Labute approximate surface area is 133 Å². The van der Waals surface area contributed by atoms with Gasteiger partial charge in [0.05, 0.1) is 15.1 Å². The Kier molecular flexibility index (Phi) is 4.53. The molecule has 0 aliphatic carbocycles. The van der Waals surface area contributed by atoms with Crippen LogP contribution in [0.25, 0.3) is 0 Å². The number of pyridine rings is 1. The van der Waals surface area contributed by atoms with E-state index in [1.54, 1.807) is 33.2 Å². The van der Waals surface area contributed by atoms with E-state index in [-0.39, 0.29) is 0 Å². The highest BCUT2D eigenvalue weighted by molar-refractivity contribution is 9.10. The first kappa shape index (κ1) is 15.8. The van der Waals surface area contributed by atoms with Crippen molar-refractivity contribution in [1.29, 1.82) is 0 Å². The van der Waals surface area contributed by atoms with E-state index in [0.717, 1.165) is 5.69 Å². The van der Waals surface area contributed by atoms with Crippen LogP contribution in [0.4, 0.5) is 11.4 Å². The quantitative estimate of drug-likeness (QED) is 0.866. The van der Waals surface area contributed by atoms with Gasteiger partial charge in [0.25, 0.3) is 10.0 Å². The van der Waals surface area contributed by atoms with Crippen molar-refractivity contribution in [3.8, 4) is 0 Å². The Morgan fingerprint density at radius 3 is 2.33 bits per heavy atom. The molecule has 2 aromatic rings. The highest BCUT2D eigenvalue weighted by Crippen LogP contribution is 2.28. The Morgan fingerprint density at radius 2 is 1.81 bits per heavy atom. The second-order valence-electron chi connectivity index (χ2n) is 4.65. The van der Waals surface area contributed by atoms with E-state index in [4.69, 9.17) is 0 Å². The summed E-state index contributed by atoms with van der Waals surface area (Å²) in [6, 6.07) is 5.22. The van der Waals surface area contributed by atoms with E-state index in [1.165, 1.54) is 6.20 Å². The fourth-order valence-electron chi connectivity index (χ4n) is 2.17. The average Bonchev–Trinajstić information content (AvgIpc) is 2.40. The summed E-state index contributed by atoms with van der Waals surface area (Å²) in [7, 11) is -1.86. The second kappa shape index (κ2) is 6.03. The fraction of sp³-hybridized carbons (Fsp3) is 0.214. The zero-order valence-corrected chi connectivity index (χ0v) is 14.3. The van der Waals surface area contributed by atoms with E-state index in [2.05, 4.69) is 31.0 Å². The zero-order chi connectivity index (χ0) is 15.6. The van der Waals surface area contributed by atoms with Crippen LogP contribution in [0.2, 0.25) is 0 Å². The normalized spacial score (nSPS) is 11.2. The van der Waals surface area contributed by atoms with Gasteiger partial charge in [-0.25, -0.2) is 8.42 Å². The highest BCUT2D eigenvalue weighted by atomic mass is 79.9. The summed E-state index contributed by atoms with van der Waals surface area (Å²) in [5, 5.41) is 3.02. The molecule has 0 spiro atoms. The largest absolute Gasteiger partial charge is 0.388 e. The predicted molar refractivity (Wildman–Crippen MR) is 88.2 cm³/mol. The van der Waals surface area contributed by atoms with Gasteiger partial charge in [0.15, 0.2) is 0 Å². The summed E-state index contributed by atoms with van der Waals surface area (Å²) in [4.78, 5) is 4.21. The van der Waals surface area contributed by atoms with Crippen LogP contribution in [0, 0.1) is 13.8 Å². The number of nitrogens with zero attached hydrogens (tertiary/aromatic N) is 1. The molecule has 0 saturated heterocycles. The Balaban J connectivity index is 2.48. The summed E-state index contributed by atoms with van der Waals surface area (Å²) in [5.74, 6) is 0. The first-order valence-electron chi connectivity index (χ1n) is 6.26. The van der Waals surface area contributed by atoms with Crippen LogP contribution in [-0.4, -0.2) is 20.4 Å². The van der Waals surface area contributed by atoms with Gasteiger partial charge in [0, 0.05) is 25.1 Å². The molecule has 0 radical (unpaired) electrons. The molecule has 0 fully saturated rings. The van der Waals surface area contributed by atoms with Gasteiger partial charge in [-0.05, 0) is 59.1 Å². The van der Waals surface area contributed by atoms with Crippen molar-refractivity contribution in [1.82, 2.24) is 4.98 Å².